The summed E-state index contributed by atoms with van der Waals surface area (Å²) < 4.78 is 5.24. The molecule has 1 atom stereocenters. The number of carbonyl (C=O) groups is 3. The van der Waals surface area contributed by atoms with Crippen LogP contribution < -0.4 is 16.4 Å². The van der Waals surface area contributed by atoms with E-state index in [2.05, 4.69) is 22.9 Å². The van der Waals surface area contributed by atoms with E-state index in [0.29, 0.717) is 6.61 Å². The molecule has 1 heterocycles. The molecule has 0 aromatic rings. The van der Waals surface area contributed by atoms with Gasteiger partial charge in [0.25, 0.3) is 0 Å². The summed E-state index contributed by atoms with van der Waals surface area (Å²) in [6, 6.07) is -0.595. The Kier molecular flexibility index (Phi) is 5.07. The fraction of sp³-hybridized carbons (Fsp3) is 0.667. The highest BCUT2D eigenvalue weighted by Gasteiger charge is 2.37. The van der Waals surface area contributed by atoms with Crippen LogP contribution in [0, 0.1) is 0 Å². The fourth-order valence-electron chi connectivity index (χ4n) is 1.96. The number of ether oxygens (including phenoxy) is 1. The van der Waals surface area contributed by atoms with Crippen LogP contribution in [0.2, 0.25) is 0 Å². The van der Waals surface area contributed by atoms with Gasteiger partial charge in [-0.1, -0.05) is 12.2 Å². The molecular formula is C12H18N4O4S. The van der Waals surface area contributed by atoms with Gasteiger partial charge in [0.2, 0.25) is 5.91 Å². The first kappa shape index (κ1) is 15.6. The van der Waals surface area contributed by atoms with Gasteiger partial charge in [-0.2, -0.15) is 0 Å². The van der Waals surface area contributed by atoms with Crippen molar-refractivity contribution in [3.05, 3.63) is 0 Å². The van der Waals surface area contributed by atoms with E-state index in [4.69, 9.17) is 10.5 Å². The van der Waals surface area contributed by atoms with Crippen molar-refractivity contribution in [2.24, 2.45) is 5.73 Å². The summed E-state index contributed by atoms with van der Waals surface area (Å²) in [4.78, 5) is 37.3. The summed E-state index contributed by atoms with van der Waals surface area (Å²) >= 11 is 4.63. The second-order valence-electron chi connectivity index (χ2n) is 5.02. The van der Waals surface area contributed by atoms with Gasteiger partial charge in [-0.3, -0.25) is 14.4 Å². The molecule has 2 rings (SSSR count). The Hall–Kier alpha value is -1.74. The van der Waals surface area contributed by atoms with Crippen LogP contribution in [-0.4, -0.2) is 66.0 Å². The third-order valence-electron chi connectivity index (χ3n) is 3.23. The van der Waals surface area contributed by atoms with Crippen LogP contribution in [0.1, 0.15) is 12.8 Å². The lowest BCUT2D eigenvalue weighted by Crippen LogP contribution is -2.59. The summed E-state index contributed by atoms with van der Waals surface area (Å²) in [5.74, 6) is -1.88. The van der Waals surface area contributed by atoms with E-state index in [0.717, 1.165) is 12.8 Å². The minimum Gasteiger partial charge on any atom is -0.392 e. The van der Waals surface area contributed by atoms with Gasteiger partial charge in [0.1, 0.15) is 6.04 Å². The number of carbonyl (C=O) groups excluding carboxylic acids is 3. The van der Waals surface area contributed by atoms with Crippen molar-refractivity contribution in [1.82, 2.24) is 15.5 Å². The largest absolute Gasteiger partial charge is 0.392 e. The highest BCUT2D eigenvalue weighted by Crippen LogP contribution is 2.19. The molecule has 0 aromatic carbocycles. The summed E-state index contributed by atoms with van der Waals surface area (Å²) in [7, 11) is 0. The molecule has 0 aromatic heterocycles. The molecule has 1 unspecified atom stereocenters. The molecule has 0 bridgehead atoms. The molecule has 4 N–H and O–H groups in total. The van der Waals surface area contributed by atoms with Gasteiger partial charge < -0.3 is 26.0 Å². The number of amides is 3. The number of thiocarbonyl (C=S) groups is 1. The molecule has 21 heavy (non-hydrogen) atoms. The molecule has 3 amide bonds. The third kappa shape index (κ3) is 4.36. The van der Waals surface area contributed by atoms with E-state index in [1.807, 2.05) is 0 Å². The maximum absolute atomic E-state index is 12.1. The lowest BCUT2D eigenvalue weighted by molar-refractivity contribution is -0.155. The first-order valence-electron chi connectivity index (χ1n) is 6.74. The minimum atomic E-state index is -0.825. The number of hydrogen-bond acceptors (Lipinski definition) is 5. The molecule has 0 radical (unpaired) electrons. The van der Waals surface area contributed by atoms with Crippen LogP contribution >= 0.6 is 12.2 Å². The summed E-state index contributed by atoms with van der Waals surface area (Å²) in [5, 5.41) is 5.14. The molecule has 1 saturated heterocycles. The number of morpholine rings is 1. The Labute approximate surface area is 127 Å². The maximum Gasteiger partial charge on any atom is 0.312 e. The maximum atomic E-state index is 12.1. The predicted molar refractivity (Wildman–Crippen MR) is 77.3 cm³/mol. The number of nitrogens with two attached hydrogens (primary N) is 1. The molecule has 0 spiro atoms. The van der Waals surface area contributed by atoms with Crippen molar-refractivity contribution in [3.63, 3.8) is 0 Å². The molecule has 2 aliphatic rings. The molecule has 1 aliphatic carbocycles. The van der Waals surface area contributed by atoms with Crippen LogP contribution in [0.5, 0.6) is 0 Å². The Morgan fingerprint density at radius 2 is 2.05 bits per heavy atom. The summed E-state index contributed by atoms with van der Waals surface area (Å²) in [6.07, 6.45) is 1.89. The van der Waals surface area contributed by atoms with Crippen molar-refractivity contribution < 1.29 is 19.1 Å². The number of nitrogens with one attached hydrogen (secondary N) is 2. The van der Waals surface area contributed by atoms with E-state index in [9.17, 15) is 14.4 Å². The first-order chi connectivity index (χ1) is 9.99. The molecule has 1 aliphatic heterocycles. The van der Waals surface area contributed by atoms with E-state index in [-0.39, 0.29) is 36.6 Å². The lowest BCUT2D eigenvalue weighted by atomic mass is 10.2. The molecule has 1 saturated carbocycles. The van der Waals surface area contributed by atoms with Gasteiger partial charge in [-0.05, 0) is 12.8 Å². The van der Waals surface area contributed by atoms with E-state index in [1.165, 1.54) is 4.90 Å². The summed E-state index contributed by atoms with van der Waals surface area (Å²) in [5.41, 5.74) is 5.26. The quantitative estimate of drug-likeness (QED) is 0.404. The molecule has 116 valence electrons. The zero-order valence-corrected chi connectivity index (χ0v) is 12.3. The number of rotatable bonds is 4. The Morgan fingerprint density at radius 3 is 2.67 bits per heavy atom. The average molecular weight is 314 g/mol. The fourth-order valence-corrected chi connectivity index (χ4v) is 2.03. The van der Waals surface area contributed by atoms with Crippen LogP contribution in [-0.2, 0) is 19.1 Å². The Morgan fingerprint density at radius 1 is 1.33 bits per heavy atom. The van der Waals surface area contributed by atoms with Crippen LogP contribution in [0.4, 0.5) is 0 Å². The number of nitrogens with zero attached hydrogens (tertiary/aromatic N) is 1. The van der Waals surface area contributed by atoms with Crippen molar-refractivity contribution >= 4 is 34.9 Å². The second-order valence-corrected chi connectivity index (χ2v) is 5.55. The van der Waals surface area contributed by atoms with Gasteiger partial charge in [0.05, 0.1) is 24.7 Å². The normalized spacial score (nSPS) is 21.5. The highest BCUT2D eigenvalue weighted by molar-refractivity contribution is 7.80. The Bertz CT molecular complexity index is 466. The van der Waals surface area contributed by atoms with Crippen molar-refractivity contribution in [2.75, 3.05) is 26.3 Å². The van der Waals surface area contributed by atoms with Crippen LogP contribution in [0.3, 0.4) is 0 Å². The standard InChI is InChI=1S/C12H18N4O4S/c13-9(21)5-14-11(18)12(19)16-3-4-20-6-8(16)10(17)15-7-1-2-7/h7-8H,1-6H2,(H2,13,21)(H,14,18)(H,15,17). The lowest BCUT2D eigenvalue weighted by Gasteiger charge is -2.34. The van der Waals surface area contributed by atoms with Gasteiger partial charge in [0.15, 0.2) is 0 Å². The number of hydrogen-bond donors (Lipinski definition) is 3. The second kappa shape index (κ2) is 6.81. The molecule has 8 nitrogen and oxygen atoms in total. The SMILES string of the molecule is NC(=S)CNC(=O)C(=O)N1CCOCC1C(=O)NC1CC1. The van der Waals surface area contributed by atoms with Gasteiger partial charge in [0, 0.05) is 12.6 Å². The smallest absolute Gasteiger partial charge is 0.312 e. The zero-order valence-electron chi connectivity index (χ0n) is 11.5. The van der Waals surface area contributed by atoms with Gasteiger partial charge >= 0.3 is 11.8 Å². The average Bonchev–Trinajstić information content (AvgIpc) is 3.27. The monoisotopic (exact) mass is 314 g/mol. The summed E-state index contributed by atoms with van der Waals surface area (Å²) in [6.45, 7) is 0.527. The molecular weight excluding hydrogens is 296 g/mol. The zero-order chi connectivity index (χ0) is 15.4. The molecule has 9 heteroatoms. The third-order valence-corrected chi connectivity index (χ3v) is 3.38. The van der Waals surface area contributed by atoms with Crippen molar-refractivity contribution in [2.45, 2.75) is 24.9 Å². The topological polar surface area (TPSA) is 114 Å². The van der Waals surface area contributed by atoms with Gasteiger partial charge in [-0.25, -0.2) is 0 Å². The van der Waals surface area contributed by atoms with E-state index < -0.39 is 17.9 Å². The van der Waals surface area contributed by atoms with Gasteiger partial charge in [-0.15, -0.1) is 0 Å². The highest BCUT2D eigenvalue weighted by atomic mass is 32.1. The Balaban J connectivity index is 1.96. The van der Waals surface area contributed by atoms with Crippen molar-refractivity contribution in [1.29, 1.82) is 0 Å². The predicted octanol–water partition coefficient (Wildman–Crippen LogP) is -2.11. The van der Waals surface area contributed by atoms with E-state index in [1.54, 1.807) is 0 Å². The molecule has 2 fully saturated rings. The van der Waals surface area contributed by atoms with Crippen LogP contribution in [0.15, 0.2) is 0 Å². The van der Waals surface area contributed by atoms with Crippen LogP contribution in [0.25, 0.3) is 0 Å². The minimum absolute atomic E-state index is 0.0524. The van der Waals surface area contributed by atoms with Crippen molar-refractivity contribution in [3.8, 4) is 0 Å². The first-order valence-corrected chi connectivity index (χ1v) is 7.15. The van der Waals surface area contributed by atoms with E-state index >= 15 is 0 Å².